The Labute approximate surface area is 204 Å². The van der Waals surface area contributed by atoms with Gasteiger partial charge in [0, 0.05) is 13.1 Å². The molecule has 9 nitrogen and oxygen atoms in total. The van der Waals surface area contributed by atoms with Gasteiger partial charge in [0.15, 0.2) is 0 Å². The molecule has 4 rings (SSSR count). The maximum Gasteiger partial charge on any atom is 0.262 e. The standard InChI is InChI=1S/C26H30N2O7/c29-24-21-8-4-5-9-22(21)25(30)28(24)23(20-6-2-1-3-7-20)26(31)27-10-12-32-14-16-34-18-19-35-17-15-33-13-11-27/h1-9,23H,10-19H2/t23-/m0/s1. The van der Waals surface area contributed by atoms with Crippen LogP contribution in [-0.2, 0) is 23.7 Å². The highest BCUT2D eigenvalue weighted by Gasteiger charge is 2.44. The third-order valence-electron chi connectivity index (χ3n) is 5.87. The van der Waals surface area contributed by atoms with Gasteiger partial charge in [-0.15, -0.1) is 0 Å². The van der Waals surface area contributed by atoms with Crippen molar-refractivity contribution in [3.63, 3.8) is 0 Å². The second-order valence-corrected chi connectivity index (χ2v) is 8.11. The van der Waals surface area contributed by atoms with Gasteiger partial charge in [-0.3, -0.25) is 19.3 Å². The van der Waals surface area contributed by atoms with Crippen molar-refractivity contribution in [2.24, 2.45) is 0 Å². The predicted molar refractivity (Wildman–Crippen MR) is 126 cm³/mol. The van der Waals surface area contributed by atoms with E-state index in [1.165, 1.54) is 0 Å². The van der Waals surface area contributed by atoms with Crippen LogP contribution in [-0.4, -0.2) is 93.5 Å². The van der Waals surface area contributed by atoms with E-state index in [0.717, 1.165) is 4.90 Å². The van der Waals surface area contributed by atoms with Crippen molar-refractivity contribution >= 4 is 17.7 Å². The normalized spacial score (nSPS) is 19.5. The second kappa shape index (κ2) is 12.6. The van der Waals surface area contributed by atoms with Gasteiger partial charge in [0.05, 0.1) is 64.0 Å². The lowest BCUT2D eigenvalue weighted by Crippen LogP contribution is -2.47. The Balaban J connectivity index is 1.58. The topological polar surface area (TPSA) is 94.6 Å². The molecular formula is C26H30N2O7. The molecule has 1 atom stereocenters. The first-order valence-corrected chi connectivity index (χ1v) is 11.8. The summed E-state index contributed by atoms with van der Waals surface area (Å²) >= 11 is 0. The first-order chi connectivity index (χ1) is 17.2. The summed E-state index contributed by atoms with van der Waals surface area (Å²) < 4.78 is 22.2. The van der Waals surface area contributed by atoms with Crippen LogP contribution in [0.5, 0.6) is 0 Å². The zero-order valence-electron chi connectivity index (χ0n) is 19.6. The lowest BCUT2D eigenvalue weighted by Gasteiger charge is -2.32. The van der Waals surface area contributed by atoms with E-state index in [2.05, 4.69) is 0 Å². The quantitative estimate of drug-likeness (QED) is 0.617. The number of hydrogen-bond acceptors (Lipinski definition) is 7. The number of rotatable bonds is 3. The highest BCUT2D eigenvalue weighted by molar-refractivity contribution is 6.22. The molecule has 9 heteroatoms. The fraction of sp³-hybridized carbons (Fsp3) is 0.423. The Morgan fingerprint density at radius 1 is 0.629 bits per heavy atom. The van der Waals surface area contributed by atoms with Gasteiger partial charge in [-0.25, -0.2) is 0 Å². The molecule has 2 aromatic rings. The summed E-state index contributed by atoms with van der Waals surface area (Å²) in [5.74, 6) is -1.32. The minimum Gasteiger partial charge on any atom is -0.377 e. The van der Waals surface area contributed by atoms with Crippen molar-refractivity contribution in [3.05, 3.63) is 71.3 Å². The molecule has 0 saturated carbocycles. The largest absolute Gasteiger partial charge is 0.377 e. The van der Waals surface area contributed by atoms with Crippen LogP contribution in [0.25, 0.3) is 0 Å². The van der Waals surface area contributed by atoms with Gasteiger partial charge in [-0.2, -0.15) is 0 Å². The maximum absolute atomic E-state index is 13.9. The van der Waals surface area contributed by atoms with Gasteiger partial charge >= 0.3 is 0 Å². The van der Waals surface area contributed by atoms with Gasteiger partial charge in [-0.05, 0) is 17.7 Å². The summed E-state index contributed by atoms with van der Waals surface area (Å²) in [6.45, 7) is 3.73. The first kappa shape index (κ1) is 25.0. The molecule has 0 N–H and O–H groups in total. The predicted octanol–water partition coefficient (Wildman–Crippen LogP) is 1.93. The minimum absolute atomic E-state index is 0.283. The average Bonchev–Trinajstić information content (AvgIpc) is 3.12. The average molecular weight is 483 g/mol. The van der Waals surface area contributed by atoms with E-state index < -0.39 is 17.9 Å². The molecular weight excluding hydrogens is 452 g/mol. The van der Waals surface area contributed by atoms with Crippen LogP contribution < -0.4 is 0 Å². The minimum atomic E-state index is -1.10. The van der Waals surface area contributed by atoms with E-state index in [4.69, 9.17) is 18.9 Å². The van der Waals surface area contributed by atoms with Gasteiger partial charge in [0.25, 0.3) is 17.7 Å². The summed E-state index contributed by atoms with van der Waals surface area (Å²) in [6, 6.07) is 14.4. The summed E-state index contributed by atoms with van der Waals surface area (Å²) in [7, 11) is 0. The Hall–Kier alpha value is -3.11. The number of ether oxygens (including phenoxy) is 4. The lowest BCUT2D eigenvalue weighted by molar-refractivity contribution is -0.137. The number of amides is 3. The summed E-state index contributed by atoms with van der Waals surface area (Å²) in [6.07, 6.45) is 0. The fourth-order valence-electron chi connectivity index (χ4n) is 4.10. The van der Waals surface area contributed by atoms with Crippen molar-refractivity contribution in [1.29, 1.82) is 0 Å². The van der Waals surface area contributed by atoms with Gasteiger partial charge in [0.2, 0.25) is 0 Å². The third-order valence-corrected chi connectivity index (χ3v) is 5.87. The Bertz CT molecular complexity index is 963. The van der Waals surface area contributed by atoms with Gasteiger partial charge in [0.1, 0.15) is 6.04 Å². The van der Waals surface area contributed by atoms with E-state index >= 15 is 0 Å². The van der Waals surface area contributed by atoms with Crippen LogP contribution in [0.4, 0.5) is 0 Å². The molecule has 2 aromatic carbocycles. The molecule has 2 aliphatic heterocycles. The zero-order chi connectivity index (χ0) is 24.5. The highest BCUT2D eigenvalue weighted by Crippen LogP contribution is 2.32. The van der Waals surface area contributed by atoms with Crippen molar-refractivity contribution in [1.82, 2.24) is 9.80 Å². The summed E-state index contributed by atoms with van der Waals surface area (Å²) in [4.78, 5) is 43.2. The van der Waals surface area contributed by atoms with Crippen molar-refractivity contribution in [2.45, 2.75) is 6.04 Å². The Morgan fingerprint density at radius 2 is 1.06 bits per heavy atom. The molecule has 0 radical (unpaired) electrons. The van der Waals surface area contributed by atoms with E-state index in [1.807, 2.05) is 6.07 Å². The van der Waals surface area contributed by atoms with Crippen molar-refractivity contribution in [3.8, 4) is 0 Å². The molecule has 3 amide bonds. The summed E-state index contributed by atoms with van der Waals surface area (Å²) in [5.41, 5.74) is 1.16. The molecule has 0 bridgehead atoms. The molecule has 0 unspecified atom stereocenters. The molecule has 1 saturated heterocycles. The summed E-state index contributed by atoms with van der Waals surface area (Å²) in [5, 5.41) is 0. The van der Waals surface area contributed by atoms with Gasteiger partial charge < -0.3 is 23.8 Å². The number of hydrogen-bond donors (Lipinski definition) is 0. The number of carbonyl (C=O) groups excluding carboxylic acids is 3. The Kier molecular flexibility index (Phi) is 8.96. The zero-order valence-corrected chi connectivity index (χ0v) is 19.6. The smallest absolute Gasteiger partial charge is 0.262 e. The van der Waals surface area contributed by atoms with E-state index in [1.54, 1.807) is 53.4 Å². The van der Waals surface area contributed by atoms with Crippen LogP contribution >= 0.6 is 0 Å². The maximum atomic E-state index is 13.9. The SMILES string of the molecule is O=C([C@H](c1ccccc1)N1C(=O)c2ccccc2C1=O)N1CCOCCOCCOCCOCC1. The number of fused-ring (bicyclic) bond motifs is 1. The third kappa shape index (κ3) is 6.12. The number of nitrogens with zero attached hydrogens (tertiary/aromatic N) is 2. The van der Waals surface area contributed by atoms with E-state index in [9.17, 15) is 14.4 Å². The monoisotopic (exact) mass is 482 g/mol. The molecule has 0 aromatic heterocycles. The number of imide groups is 1. The Morgan fingerprint density at radius 3 is 1.54 bits per heavy atom. The van der Waals surface area contributed by atoms with Gasteiger partial charge in [-0.1, -0.05) is 42.5 Å². The van der Waals surface area contributed by atoms with E-state index in [-0.39, 0.29) is 32.2 Å². The highest BCUT2D eigenvalue weighted by atomic mass is 16.6. The molecule has 0 spiro atoms. The number of carbonyl (C=O) groups is 3. The van der Waals surface area contributed by atoms with Crippen LogP contribution in [0, 0.1) is 0 Å². The van der Waals surface area contributed by atoms with Crippen molar-refractivity contribution in [2.75, 3.05) is 65.9 Å². The molecule has 35 heavy (non-hydrogen) atoms. The second-order valence-electron chi connectivity index (χ2n) is 8.11. The molecule has 2 heterocycles. The van der Waals surface area contributed by atoms with Crippen molar-refractivity contribution < 1.29 is 33.3 Å². The van der Waals surface area contributed by atoms with Crippen LogP contribution in [0.15, 0.2) is 54.6 Å². The molecule has 1 fully saturated rings. The molecule has 0 aliphatic carbocycles. The first-order valence-electron chi connectivity index (χ1n) is 11.8. The fourth-order valence-corrected chi connectivity index (χ4v) is 4.10. The number of benzene rings is 2. The molecule has 2 aliphatic rings. The molecule has 186 valence electrons. The van der Waals surface area contributed by atoms with Crippen LogP contribution in [0.2, 0.25) is 0 Å². The van der Waals surface area contributed by atoms with Crippen LogP contribution in [0.3, 0.4) is 0 Å². The van der Waals surface area contributed by atoms with Crippen LogP contribution in [0.1, 0.15) is 32.3 Å². The van der Waals surface area contributed by atoms with E-state index in [0.29, 0.717) is 56.3 Å². The lowest BCUT2D eigenvalue weighted by atomic mass is 10.0.